The van der Waals surface area contributed by atoms with E-state index in [-0.39, 0.29) is 11.8 Å². The molecule has 2 N–H and O–H groups in total. The fourth-order valence-electron chi connectivity index (χ4n) is 2.35. The lowest BCUT2D eigenvalue weighted by Gasteiger charge is -2.14. The van der Waals surface area contributed by atoms with E-state index in [9.17, 15) is 8.42 Å². The molecule has 0 bridgehead atoms. The van der Waals surface area contributed by atoms with Crippen LogP contribution in [0.1, 0.15) is 49.2 Å². The molecular weight excluding hydrogens is 278 g/mol. The zero-order valence-corrected chi connectivity index (χ0v) is 13.1. The van der Waals surface area contributed by atoms with Crippen molar-refractivity contribution in [2.75, 3.05) is 12.3 Å². The van der Waals surface area contributed by atoms with Gasteiger partial charge in [0.1, 0.15) is 5.76 Å². The summed E-state index contributed by atoms with van der Waals surface area (Å²) in [4.78, 5) is 0. The highest BCUT2D eigenvalue weighted by Crippen LogP contribution is 2.21. The van der Waals surface area contributed by atoms with Crippen LogP contribution in [0.25, 0.3) is 0 Å². The van der Waals surface area contributed by atoms with Crippen LogP contribution >= 0.6 is 0 Å². The summed E-state index contributed by atoms with van der Waals surface area (Å²) in [6.45, 7) is 6.17. The van der Waals surface area contributed by atoms with E-state index in [1.807, 2.05) is 13.8 Å². The Bertz CT molecular complexity index is 530. The number of rotatable bonds is 8. The van der Waals surface area contributed by atoms with Gasteiger partial charge in [0.05, 0.1) is 11.4 Å². The van der Waals surface area contributed by atoms with Crippen LogP contribution in [0.3, 0.4) is 0 Å². The predicted molar refractivity (Wildman–Crippen MR) is 77.0 cm³/mol. The van der Waals surface area contributed by atoms with Crippen LogP contribution in [-0.2, 0) is 10.0 Å². The van der Waals surface area contributed by atoms with Crippen LogP contribution in [0.15, 0.2) is 4.52 Å². The van der Waals surface area contributed by atoms with E-state index >= 15 is 0 Å². The summed E-state index contributed by atoms with van der Waals surface area (Å²) < 4.78 is 31.8. The molecular formula is C13H23N3O3S. The fourth-order valence-corrected chi connectivity index (χ4v) is 3.65. The lowest BCUT2D eigenvalue weighted by molar-refractivity contribution is 0.391. The lowest BCUT2D eigenvalue weighted by atomic mass is 10.1. The normalized spacial score (nSPS) is 17.4. The highest BCUT2D eigenvalue weighted by atomic mass is 32.2. The molecule has 0 saturated heterocycles. The summed E-state index contributed by atoms with van der Waals surface area (Å²) >= 11 is 0. The van der Waals surface area contributed by atoms with Crippen molar-refractivity contribution >= 4 is 10.0 Å². The SMILES string of the molecule is Cc1noc(C)c1C(C)NS(=O)(=O)CCCNC1CC1. The van der Waals surface area contributed by atoms with Crippen LogP contribution < -0.4 is 10.0 Å². The van der Waals surface area contributed by atoms with E-state index in [0.29, 0.717) is 18.2 Å². The number of aryl methyl sites for hydroxylation is 2. The van der Waals surface area contributed by atoms with E-state index < -0.39 is 10.0 Å². The Labute approximate surface area is 120 Å². The van der Waals surface area contributed by atoms with Gasteiger partial charge in [0.15, 0.2) is 0 Å². The quantitative estimate of drug-likeness (QED) is 0.709. The zero-order chi connectivity index (χ0) is 14.8. The second kappa shape index (κ2) is 6.24. The molecule has 7 heteroatoms. The Balaban J connectivity index is 1.83. The number of hydrogen-bond acceptors (Lipinski definition) is 5. The number of aromatic nitrogens is 1. The van der Waals surface area contributed by atoms with Gasteiger partial charge < -0.3 is 9.84 Å². The molecule has 0 radical (unpaired) electrons. The van der Waals surface area contributed by atoms with Gasteiger partial charge in [0.2, 0.25) is 10.0 Å². The molecule has 0 spiro atoms. The van der Waals surface area contributed by atoms with Crippen molar-refractivity contribution in [1.29, 1.82) is 0 Å². The summed E-state index contributed by atoms with van der Waals surface area (Å²) in [5.41, 5.74) is 1.55. The summed E-state index contributed by atoms with van der Waals surface area (Å²) in [5.74, 6) is 0.800. The van der Waals surface area contributed by atoms with Crippen LogP contribution in [0.4, 0.5) is 0 Å². The van der Waals surface area contributed by atoms with Gasteiger partial charge in [0, 0.05) is 17.6 Å². The molecule has 1 aromatic rings. The topological polar surface area (TPSA) is 84.2 Å². The van der Waals surface area contributed by atoms with Crippen LogP contribution in [0.2, 0.25) is 0 Å². The Hall–Kier alpha value is -0.920. The largest absolute Gasteiger partial charge is 0.361 e. The second-order valence-electron chi connectivity index (χ2n) is 5.48. The van der Waals surface area contributed by atoms with Gasteiger partial charge in [-0.25, -0.2) is 13.1 Å². The molecule has 1 aliphatic carbocycles. The van der Waals surface area contributed by atoms with Gasteiger partial charge in [-0.05, 0) is 46.6 Å². The van der Waals surface area contributed by atoms with Crippen molar-refractivity contribution in [1.82, 2.24) is 15.2 Å². The molecule has 0 aliphatic heterocycles. The molecule has 1 atom stereocenters. The third kappa shape index (κ3) is 4.29. The van der Waals surface area contributed by atoms with Gasteiger partial charge in [-0.3, -0.25) is 0 Å². The van der Waals surface area contributed by atoms with Crippen molar-refractivity contribution in [3.63, 3.8) is 0 Å². The minimum absolute atomic E-state index is 0.139. The molecule has 1 saturated carbocycles. The number of nitrogens with one attached hydrogen (secondary N) is 2. The van der Waals surface area contributed by atoms with Gasteiger partial charge in [0.25, 0.3) is 0 Å². The van der Waals surface area contributed by atoms with E-state index in [0.717, 1.165) is 17.8 Å². The monoisotopic (exact) mass is 301 g/mol. The minimum Gasteiger partial charge on any atom is -0.361 e. The molecule has 1 aromatic heterocycles. The Morgan fingerprint density at radius 2 is 2.10 bits per heavy atom. The van der Waals surface area contributed by atoms with Crippen molar-refractivity contribution in [3.05, 3.63) is 17.0 Å². The highest BCUT2D eigenvalue weighted by molar-refractivity contribution is 7.89. The summed E-state index contributed by atoms with van der Waals surface area (Å²) in [7, 11) is -3.28. The van der Waals surface area contributed by atoms with Gasteiger partial charge in [-0.2, -0.15) is 0 Å². The maximum absolute atomic E-state index is 12.0. The van der Waals surface area contributed by atoms with E-state index in [1.165, 1.54) is 12.8 Å². The molecule has 1 unspecified atom stereocenters. The molecule has 20 heavy (non-hydrogen) atoms. The average Bonchev–Trinajstić information content (AvgIpc) is 3.10. The maximum Gasteiger partial charge on any atom is 0.212 e. The summed E-state index contributed by atoms with van der Waals surface area (Å²) in [6, 6.07) is 0.300. The first-order valence-corrected chi connectivity index (χ1v) is 8.70. The fraction of sp³-hybridized carbons (Fsp3) is 0.769. The molecule has 6 nitrogen and oxygen atoms in total. The smallest absolute Gasteiger partial charge is 0.212 e. The Morgan fingerprint density at radius 1 is 1.40 bits per heavy atom. The molecule has 0 amide bonds. The summed E-state index contributed by atoms with van der Waals surface area (Å²) in [6.07, 6.45) is 3.06. The van der Waals surface area contributed by atoms with Gasteiger partial charge in [-0.15, -0.1) is 0 Å². The number of hydrogen-bond donors (Lipinski definition) is 2. The number of nitrogens with zero attached hydrogens (tertiary/aromatic N) is 1. The van der Waals surface area contributed by atoms with Gasteiger partial charge >= 0.3 is 0 Å². The predicted octanol–water partition coefficient (Wildman–Crippen LogP) is 1.41. The van der Waals surface area contributed by atoms with Crippen LogP contribution in [-0.4, -0.2) is 31.9 Å². The van der Waals surface area contributed by atoms with Crippen LogP contribution in [0.5, 0.6) is 0 Å². The standard InChI is InChI=1S/C13H23N3O3S/c1-9-13(11(3)19-15-9)10(2)16-20(17,18)8-4-7-14-12-5-6-12/h10,12,14,16H,4-8H2,1-3H3. The van der Waals surface area contributed by atoms with E-state index in [1.54, 1.807) is 6.92 Å². The van der Waals surface area contributed by atoms with Crippen LogP contribution in [0, 0.1) is 13.8 Å². The molecule has 0 aromatic carbocycles. The van der Waals surface area contributed by atoms with E-state index in [4.69, 9.17) is 4.52 Å². The molecule has 1 heterocycles. The van der Waals surface area contributed by atoms with E-state index in [2.05, 4.69) is 15.2 Å². The molecule has 1 fully saturated rings. The average molecular weight is 301 g/mol. The minimum atomic E-state index is -3.28. The highest BCUT2D eigenvalue weighted by Gasteiger charge is 2.22. The lowest BCUT2D eigenvalue weighted by Crippen LogP contribution is -2.31. The zero-order valence-electron chi connectivity index (χ0n) is 12.3. The summed E-state index contributed by atoms with van der Waals surface area (Å²) in [5, 5.41) is 7.16. The Kier molecular flexibility index (Phi) is 4.82. The number of sulfonamides is 1. The molecule has 2 rings (SSSR count). The van der Waals surface area contributed by atoms with Gasteiger partial charge in [-0.1, -0.05) is 5.16 Å². The molecule has 114 valence electrons. The third-order valence-corrected chi connectivity index (χ3v) is 5.02. The van der Waals surface area contributed by atoms with Crippen molar-refractivity contribution in [2.45, 2.75) is 52.1 Å². The third-order valence-electron chi connectivity index (χ3n) is 3.48. The first kappa shape index (κ1) is 15.5. The first-order valence-electron chi connectivity index (χ1n) is 7.05. The molecule has 1 aliphatic rings. The maximum atomic E-state index is 12.0. The van der Waals surface area contributed by atoms with Crippen molar-refractivity contribution < 1.29 is 12.9 Å². The van der Waals surface area contributed by atoms with Crippen molar-refractivity contribution in [3.8, 4) is 0 Å². The Morgan fingerprint density at radius 3 is 2.65 bits per heavy atom. The van der Waals surface area contributed by atoms with Crippen molar-refractivity contribution in [2.24, 2.45) is 0 Å². The first-order chi connectivity index (χ1) is 9.39. The second-order valence-corrected chi connectivity index (χ2v) is 7.35.